The molecule has 0 atom stereocenters. The summed E-state index contributed by atoms with van der Waals surface area (Å²) >= 11 is 5.89. The summed E-state index contributed by atoms with van der Waals surface area (Å²) in [7, 11) is 0. The maximum Gasteiger partial charge on any atom is 0.0418 e. The summed E-state index contributed by atoms with van der Waals surface area (Å²) < 4.78 is 0. The van der Waals surface area contributed by atoms with Crippen LogP contribution >= 0.6 is 11.6 Å². The zero-order chi connectivity index (χ0) is 11.9. The van der Waals surface area contributed by atoms with E-state index in [4.69, 9.17) is 11.6 Å². The Balaban J connectivity index is 1.91. The lowest BCUT2D eigenvalue weighted by molar-refractivity contribution is 1.03. The SMILES string of the molecule is Clc1cccc(C#CCCc2ccccc2)c1. The normalized spacial score (nSPS) is 9.47. The fourth-order valence-electron chi connectivity index (χ4n) is 1.58. The van der Waals surface area contributed by atoms with E-state index in [1.54, 1.807) is 0 Å². The van der Waals surface area contributed by atoms with Crippen molar-refractivity contribution in [1.82, 2.24) is 0 Å². The maximum absolute atomic E-state index is 5.89. The van der Waals surface area contributed by atoms with Gasteiger partial charge in [-0.1, -0.05) is 59.8 Å². The molecule has 0 N–H and O–H groups in total. The van der Waals surface area contributed by atoms with Gasteiger partial charge < -0.3 is 0 Å². The molecule has 1 heteroatoms. The van der Waals surface area contributed by atoms with Gasteiger partial charge in [-0.15, -0.1) is 0 Å². The summed E-state index contributed by atoms with van der Waals surface area (Å²) in [5.74, 6) is 6.29. The molecule has 2 rings (SSSR count). The van der Waals surface area contributed by atoms with E-state index in [1.165, 1.54) is 5.56 Å². The van der Waals surface area contributed by atoms with E-state index in [-0.39, 0.29) is 0 Å². The van der Waals surface area contributed by atoms with Gasteiger partial charge in [-0.25, -0.2) is 0 Å². The van der Waals surface area contributed by atoms with Crippen LogP contribution in [0.5, 0.6) is 0 Å². The molecule has 0 bridgehead atoms. The summed E-state index contributed by atoms with van der Waals surface area (Å²) in [4.78, 5) is 0. The number of hydrogen-bond acceptors (Lipinski definition) is 0. The second-order valence-electron chi connectivity index (χ2n) is 3.80. The van der Waals surface area contributed by atoms with Crippen molar-refractivity contribution in [3.8, 4) is 11.8 Å². The zero-order valence-corrected chi connectivity index (χ0v) is 10.2. The smallest absolute Gasteiger partial charge is 0.0418 e. The fourth-order valence-corrected chi connectivity index (χ4v) is 1.77. The Kier molecular flexibility index (Phi) is 4.24. The Hall–Kier alpha value is -1.71. The van der Waals surface area contributed by atoms with Crippen LogP contribution in [0.4, 0.5) is 0 Å². The Morgan fingerprint density at radius 2 is 1.76 bits per heavy atom. The van der Waals surface area contributed by atoms with E-state index in [0.717, 1.165) is 23.4 Å². The average molecular weight is 241 g/mol. The number of aryl methyl sites for hydroxylation is 1. The van der Waals surface area contributed by atoms with Crippen molar-refractivity contribution in [2.45, 2.75) is 12.8 Å². The molecule has 0 fully saturated rings. The van der Waals surface area contributed by atoms with E-state index in [2.05, 4.69) is 36.1 Å². The molecule has 0 saturated heterocycles. The highest BCUT2D eigenvalue weighted by molar-refractivity contribution is 6.30. The molecular formula is C16H13Cl. The molecule has 0 amide bonds. The molecule has 2 aromatic rings. The van der Waals surface area contributed by atoms with E-state index in [0.29, 0.717) is 0 Å². The van der Waals surface area contributed by atoms with Crippen molar-refractivity contribution in [1.29, 1.82) is 0 Å². The van der Waals surface area contributed by atoms with Gasteiger partial charge >= 0.3 is 0 Å². The van der Waals surface area contributed by atoms with Crippen LogP contribution in [0, 0.1) is 11.8 Å². The predicted molar refractivity (Wildman–Crippen MR) is 73.1 cm³/mol. The standard InChI is InChI=1S/C16H13Cl/c17-16-12-6-11-15(13-16)10-5-4-9-14-7-2-1-3-8-14/h1-3,6-8,11-13H,4,9H2. The van der Waals surface area contributed by atoms with Crippen molar-refractivity contribution >= 4 is 11.6 Å². The average Bonchev–Trinajstić information content (AvgIpc) is 2.36. The monoisotopic (exact) mass is 240 g/mol. The first-order chi connectivity index (χ1) is 8.34. The minimum Gasteiger partial charge on any atom is -0.0975 e. The molecule has 84 valence electrons. The molecule has 0 saturated carbocycles. The summed E-state index contributed by atoms with van der Waals surface area (Å²) in [5, 5.41) is 0.736. The lowest BCUT2D eigenvalue weighted by Crippen LogP contribution is -1.81. The van der Waals surface area contributed by atoms with Gasteiger partial charge in [-0.2, -0.15) is 0 Å². The largest absolute Gasteiger partial charge is 0.0975 e. The number of halogens is 1. The molecule has 0 unspecified atom stereocenters. The van der Waals surface area contributed by atoms with Crippen LogP contribution in [0.25, 0.3) is 0 Å². The summed E-state index contributed by atoms with van der Waals surface area (Å²) in [6, 6.07) is 18.0. The highest BCUT2D eigenvalue weighted by atomic mass is 35.5. The van der Waals surface area contributed by atoms with Crippen LogP contribution in [0.3, 0.4) is 0 Å². The Bertz CT molecular complexity index is 532. The van der Waals surface area contributed by atoms with Crippen molar-refractivity contribution < 1.29 is 0 Å². The van der Waals surface area contributed by atoms with Crippen LogP contribution in [0.1, 0.15) is 17.5 Å². The van der Waals surface area contributed by atoms with Crippen LogP contribution in [0.2, 0.25) is 5.02 Å². The van der Waals surface area contributed by atoms with Crippen LogP contribution < -0.4 is 0 Å². The van der Waals surface area contributed by atoms with Gasteiger partial charge in [0.2, 0.25) is 0 Å². The van der Waals surface area contributed by atoms with E-state index < -0.39 is 0 Å². The topological polar surface area (TPSA) is 0 Å². The molecule has 0 aliphatic heterocycles. The number of benzene rings is 2. The number of rotatable bonds is 2. The molecule has 0 aliphatic carbocycles. The maximum atomic E-state index is 5.89. The molecule has 17 heavy (non-hydrogen) atoms. The molecule has 0 heterocycles. The fraction of sp³-hybridized carbons (Fsp3) is 0.125. The summed E-state index contributed by atoms with van der Waals surface area (Å²) in [5.41, 5.74) is 2.30. The molecular weight excluding hydrogens is 228 g/mol. The van der Waals surface area contributed by atoms with Gasteiger partial charge in [-0.05, 0) is 30.2 Å². The highest BCUT2D eigenvalue weighted by Gasteiger charge is 1.90. The second-order valence-corrected chi connectivity index (χ2v) is 4.23. The van der Waals surface area contributed by atoms with Gasteiger partial charge in [0, 0.05) is 17.0 Å². The number of hydrogen-bond donors (Lipinski definition) is 0. The first-order valence-corrected chi connectivity index (χ1v) is 6.01. The molecule has 0 aromatic heterocycles. The first kappa shape index (κ1) is 11.8. The molecule has 0 radical (unpaired) electrons. The Morgan fingerprint density at radius 1 is 0.941 bits per heavy atom. The molecule has 2 aromatic carbocycles. The van der Waals surface area contributed by atoms with Gasteiger partial charge in [0.25, 0.3) is 0 Å². The van der Waals surface area contributed by atoms with Crippen LogP contribution in [0.15, 0.2) is 54.6 Å². The quantitative estimate of drug-likeness (QED) is 0.686. The Labute approximate surface area is 107 Å². The highest BCUT2D eigenvalue weighted by Crippen LogP contribution is 2.09. The van der Waals surface area contributed by atoms with Crippen LogP contribution in [-0.2, 0) is 6.42 Å². The lowest BCUT2D eigenvalue weighted by Gasteiger charge is -1.95. The van der Waals surface area contributed by atoms with Crippen molar-refractivity contribution in [2.24, 2.45) is 0 Å². The van der Waals surface area contributed by atoms with E-state index in [9.17, 15) is 0 Å². The van der Waals surface area contributed by atoms with E-state index >= 15 is 0 Å². The van der Waals surface area contributed by atoms with Crippen molar-refractivity contribution in [3.05, 3.63) is 70.7 Å². The third kappa shape index (κ3) is 3.98. The minimum absolute atomic E-state index is 0.736. The predicted octanol–water partition coefficient (Wildman–Crippen LogP) is 4.32. The summed E-state index contributed by atoms with van der Waals surface area (Å²) in [6.07, 6.45) is 1.87. The van der Waals surface area contributed by atoms with Crippen LogP contribution in [-0.4, -0.2) is 0 Å². The first-order valence-electron chi connectivity index (χ1n) is 5.63. The van der Waals surface area contributed by atoms with E-state index in [1.807, 2.05) is 30.3 Å². The third-order valence-electron chi connectivity index (χ3n) is 2.44. The lowest BCUT2D eigenvalue weighted by atomic mass is 10.1. The second kappa shape index (κ2) is 6.13. The van der Waals surface area contributed by atoms with Gasteiger partial charge in [0.1, 0.15) is 0 Å². The third-order valence-corrected chi connectivity index (χ3v) is 2.67. The van der Waals surface area contributed by atoms with Gasteiger partial charge in [0.15, 0.2) is 0 Å². The van der Waals surface area contributed by atoms with Gasteiger partial charge in [0.05, 0.1) is 0 Å². The molecule has 0 nitrogen and oxygen atoms in total. The van der Waals surface area contributed by atoms with Crippen molar-refractivity contribution in [3.63, 3.8) is 0 Å². The minimum atomic E-state index is 0.736. The zero-order valence-electron chi connectivity index (χ0n) is 9.49. The summed E-state index contributed by atoms with van der Waals surface area (Å²) in [6.45, 7) is 0. The van der Waals surface area contributed by atoms with Gasteiger partial charge in [-0.3, -0.25) is 0 Å². The van der Waals surface area contributed by atoms with Crippen molar-refractivity contribution in [2.75, 3.05) is 0 Å². The Morgan fingerprint density at radius 3 is 2.53 bits per heavy atom. The molecule has 0 aliphatic rings. The molecule has 0 spiro atoms.